The highest BCUT2D eigenvalue weighted by molar-refractivity contribution is 5.87. The van der Waals surface area contributed by atoms with E-state index in [2.05, 4.69) is 13.2 Å². The van der Waals surface area contributed by atoms with Gasteiger partial charge in [-0.2, -0.15) is 0 Å². The predicted molar refractivity (Wildman–Crippen MR) is 158 cm³/mol. The average Bonchev–Trinajstić information content (AvgIpc) is 3.26. The summed E-state index contributed by atoms with van der Waals surface area (Å²) >= 11 is 0. The number of carbonyl (C=O) groups excluding carboxylic acids is 4. The Balaban J connectivity index is 1.54. The fraction of sp³-hybridized carbons (Fsp3) is 0.333. The number of para-hydroxylation sites is 2. The van der Waals surface area contributed by atoms with Gasteiger partial charge in [-0.15, -0.1) is 0 Å². The summed E-state index contributed by atoms with van der Waals surface area (Å²) in [5.41, 5.74) is 4.29. The zero-order chi connectivity index (χ0) is 31.0. The van der Waals surface area contributed by atoms with E-state index >= 15 is 0 Å². The van der Waals surface area contributed by atoms with E-state index < -0.39 is 29.3 Å². The molecule has 0 amide bonds. The van der Waals surface area contributed by atoms with Gasteiger partial charge in [0.15, 0.2) is 0 Å². The van der Waals surface area contributed by atoms with Crippen LogP contribution in [0.1, 0.15) is 50.8 Å². The van der Waals surface area contributed by atoms with Crippen molar-refractivity contribution in [1.29, 1.82) is 0 Å². The van der Waals surface area contributed by atoms with Crippen LogP contribution in [0.15, 0.2) is 72.8 Å². The molecule has 1 heterocycles. The third kappa shape index (κ3) is 7.32. The summed E-state index contributed by atoms with van der Waals surface area (Å²) in [4.78, 5) is 58.7. The standard InChI is InChI=1S/C33H34N2O8/c1-21(2)31(38)42-19-17-40-27(36)13-15-33(16-14-28(37)41-18-20-43-32(39)22(3)4)24-10-6-5-9-23(24)29-30(33)35-26-12-8-7-11-25(26)34-29/h5-12H,1,3,13-20H2,2,4H3. The van der Waals surface area contributed by atoms with Crippen molar-refractivity contribution < 1.29 is 38.1 Å². The summed E-state index contributed by atoms with van der Waals surface area (Å²) in [5, 5.41) is 0. The number of hydrogen-bond acceptors (Lipinski definition) is 10. The van der Waals surface area contributed by atoms with E-state index in [1.54, 1.807) is 0 Å². The Hall–Kier alpha value is -4.86. The maximum absolute atomic E-state index is 12.8. The molecule has 0 unspecified atom stereocenters. The van der Waals surface area contributed by atoms with Gasteiger partial charge in [0, 0.05) is 35.0 Å². The molecular formula is C33H34N2O8. The average molecular weight is 587 g/mol. The number of benzene rings is 2. The summed E-state index contributed by atoms with van der Waals surface area (Å²) in [7, 11) is 0. The molecule has 1 aromatic heterocycles. The summed E-state index contributed by atoms with van der Waals surface area (Å²) in [6, 6.07) is 15.3. The van der Waals surface area contributed by atoms with Crippen LogP contribution >= 0.6 is 0 Å². The van der Waals surface area contributed by atoms with Crippen LogP contribution in [0.25, 0.3) is 22.3 Å². The Bertz CT molecular complexity index is 1530. The van der Waals surface area contributed by atoms with Crippen LogP contribution in [0.4, 0.5) is 0 Å². The molecule has 10 nitrogen and oxygen atoms in total. The van der Waals surface area contributed by atoms with Gasteiger partial charge in [-0.3, -0.25) is 9.59 Å². The first-order chi connectivity index (χ1) is 20.6. The molecule has 0 atom stereocenters. The number of ether oxygens (including phenoxy) is 4. The molecule has 4 rings (SSSR count). The van der Waals surface area contributed by atoms with Crippen molar-refractivity contribution in [3.05, 3.63) is 84.1 Å². The normalized spacial score (nSPS) is 12.5. The van der Waals surface area contributed by atoms with E-state index in [-0.39, 0.29) is 63.3 Å². The fourth-order valence-corrected chi connectivity index (χ4v) is 4.99. The summed E-state index contributed by atoms with van der Waals surface area (Å²) in [5.74, 6) is -2.07. The first-order valence-corrected chi connectivity index (χ1v) is 14.0. The van der Waals surface area contributed by atoms with Crippen LogP contribution in [0, 0.1) is 0 Å². The van der Waals surface area contributed by atoms with E-state index in [0.29, 0.717) is 16.9 Å². The van der Waals surface area contributed by atoms with Crippen molar-refractivity contribution in [2.45, 2.75) is 44.9 Å². The van der Waals surface area contributed by atoms with Gasteiger partial charge in [-0.25, -0.2) is 19.6 Å². The predicted octanol–water partition coefficient (Wildman–Crippen LogP) is 4.78. The van der Waals surface area contributed by atoms with Crippen LogP contribution in [-0.4, -0.2) is 60.3 Å². The highest BCUT2D eigenvalue weighted by Crippen LogP contribution is 2.52. The van der Waals surface area contributed by atoms with Crippen LogP contribution in [0.3, 0.4) is 0 Å². The van der Waals surface area contributed by atoms with E-state index in [0.717, 1.165) is 16.6 Å². The number of esters is 4. The minimum Gasteiger partial charge on any atom is -0.462 e. The molecule has 224 valence electrons. The SMILES string of the molecule is C=C(C)C(=O)OCCOC(=O)CCC1(CCC(=O)OCCOC(=O)C(=C)C)c2ccccc2-c2nc3ccccc3nc21. The molecule has 1 aliphatic carbocycles. The number of nitrogens with zero attached hydrogens (tertiary/aromatic N) is 2. The molecule has 1 aliphatic rings. The molecule has 0 saturated carbocycles. The van der Waals surface area contributed by atoms with Gasteiger partial charge >= 0.3 is 23.9 Å². The zero-order valence-electron chi connectivity index (χ0n) is 24.4. The highest BCUT2D eigenvalue weighted by atomic mass is 16.6. The smallest absolute Gasteiger partial charge is 0.333 e. The highest BCUT2D eigenvalue weighted by Gasteiger charge is 2.46. The minimum atomic E-state index is -0.833. The lowest BCUT2D eigenvalue weighted by molar-refractivity contribution is -0.150. The minimum absolute atomic E-state index is 0.0165. The molecule has 0 fully saturated rings. The molecule has 2 aromatic carbocycles. The summed E-state index contributed by atoms with van der Waals surface area (Å²) in [6.07, 6.45) is 0.612. The lowest BCUT2D eigenvalue weighted by Crippen LogP contribution is -2.29. The van der Waals surface area contributed by atoms with Crippen molar-refractivity contribution >= 4 is 34.9 Å². The molecule has 0 bridgehead atoms. The van der Waals surface area contributed by atoms with Crippen molar-refractivity contribution in [3.8, 4) is 11.3 Å². The maximum atomic E-state index is 12.8. The summed E-state index contributed by atoms with van der Waals surface area (Å²) in [6.45, 7) is 9.75. The molecule has 0 spiro atoms. The first-order valence-electron chi connectivity index (χ1n) is 14.0. The number of fused-ring (bicyclic) bond motifs is 4. The second kappa shape index (κ2) is 13.9. The Morgan fingerprint density at radius 3 is 1.67 bits per heavy atom. The molecule has 10 heteroatoms. The first kappa shape index (κ1) is 31.1. The molecular weight excluding hydrogens is 552 g/mol. The number of rotatable bonds is 14. The Labute approximate surface area is 249 Å². The van der Waals surface area contributed by atoms with Gasteiger partial charge in [0.1, 0.15) is 26.4 Å². The topological polar surface area (TPSA) is 131 Å². The van der Waals surface area contributed by atoms with Gasteiger partial charge in [0.05, 0.1) is 22.4 Å². The van der Waals surface area contributed by atoms with Crippen LogP contribution in [-0.2, 0) is 43.5 Å². The second-order valence-electron chi connectivity index (χ2n) is 10.3. The van der Waals surface area contributed by atoms with Crippen molar-refractivity contribution in [2.75, 3.05) is 26.4 Å². The monoisotopic (exact) mass is 586 g/mol. The number of aromatic nitrogens is 2. The molecule has 3 aromatic rings. The Kier molecular flexibility index (Phi) is 10.0. The molecule has 0 radical (unpaired) electrons. The Morgan fingerprint density at radius 1 is 0.674 bits per heavy atom. The van der Waals surface area contributed by atoms with Crippen molar-refractivity contribution in [3.63, 3.8) is 0 Å². The van der Waals surface area contributed by atoms with Crippen LogP contribution in [0.5, 0.6) is 0 Å². The largest absolute Gasteiger partial charge is 0.462 e. The second-order valence-corrected chi connectivity index (χ2v) is 10.3. The molecule has 43 heavy (non-hydrogen) atoms. The number of hydrogen-bond donors (Lipinski definition) is 0. The van der Waals surface area contributed by atoms with Crippen LogP contribution < -0.4 is 0 Å². The Morgan fingerprint density at radius 2 is 1.14 bits per heavy atom. The molecule has 0 saturated heterocycles. The number of carbonyl (C=O) groups is 4. The van der Waals surface area contributed by atoms with E-state index in [4.69, 9.17) is 28.9 Å². The third-order valence-corrected chi connectivity index (χ3v) is 7.09. The maximum Gasteiger partial charge on any atom is 0.333 e. The lowest BCUT2D eigenvalue weighted by atomic mass is 9.73. The van der Waals surface area contributed by atoms with Gasteiger partial charge in [0.2, 0.25) is 0 Å². The zero-order valence-corrected chi connectivity index (χ0v) is 24.4. The quantitative estimate of drug-likeness (QED) is 0.113. The van der Waals surface area contributed by atoms with E-state index in [9.17, 15) is 19.2 Å². The van der Waals surface area contributed by atoms with Crippen molar-refractivity contribution in [1.82, 2.24) is 9.97 Å². The van der Waals surface area contributed by atoms with E-state index in [1.165, 1.54) is 13.8 Å². The third-order valence-electron chi connectivity index (χ3n) is 7.09. The van der Waals surface area contributed by atoms with E-state index in [1.807, 2.05) is 48.5 Å². The molecule has 0 aliphatic heterocycles. The van der Waals surface area contributed by atoms with Crippen LogP contribution in [0.2, 0.25) is 0 Å². The summed E-state index contributed by atoms with van der Waals surface area (Å²) < 4.78 is 20.7. The van der Waals surface area contributed by atoms with Gasteiger partial charge in [-0.1, -0.05) is 49.6 Å². The van der Waals surface area contributed by atoms with Crippen molar-refractivity contribution in [2.24, 2.45) is 0 Å². The lowest BCUT2D eigenvalue weighted by Gasteiger charge is -2.30. The van der Waals surface area contributed by atoms with Gasteiger partial charge in [-0.05, 0) is 44.4 Å². The molecule has 0 N–H and O–H groups in total. The fourth-order valence-electron chi connectivity index (χ4n) is 4.99. The van der Waals surface area contributed by atoms with Gasteiger partial charge < -0.3 is 18.9 Å². The van der Waals surface area contributed by atoms with Gasteiger partial charge in [0.25, 0.3) is 0 Å².